The maximum Gasteiger partial charge on any atom is 0.0456 e. The van der Waals surface area contributed by atoms with E-state index < -0.39 is 0 Å². The molecule has 1 aliphatic rings. The van der Waals surface area contributed by atoms with Crippen molar-refractivity contribution in [3.63, 3.8) is 0 Å². The zero-order chi connectivity index (χ0) is 11.4. The van der Waals surface area contributed by atoms with Crippen molar-refractivity contribution in [3.05, 3.63) is 36.0 Å². The van der Waals surface area contributed by atoms with E-state index in [1.165, 1.54) is 29.4 Å². The van der Waals surface area contributed by atoms with Gasteiger partial charge >= 0.3 is 0 Å². The van der Waals surface area contributed by atoms with Crippen LogP contribution < -0.4 is 5.73 Å². The van der Waals surface area contributed by atoms with Gasteiger partial charge in [-0.15, -0.1) is 0 Å². The molecular formula is C14H18N2. The van der Waals surface area contributed by atoms with E-state index in [0.717, 1.165) is 0 Å². The predicted octanol–water partition coefficient (Wildman–Crippen LogP) is 2.94. The highest BCUT2D eigenvalue weighted by Crippen LogP contribution is 2.54. The summed E-state index contributed by atoms with van der Waals surface area (Å²) in [5.74, 6) is 0. The van der Waals surface area contributed by atoms with E-state index in [0.29, 0.717) is 0 Å². The van der Waals surface area contributed by atoms with Gasteiger partial charge in [0.25, 0.3) is 0 Å². The molecule has 1 aliphatic carbocycles. The smallest absolute Gasteiger partial charge is 0.0456 e. The van der Waals surface area contributed by atoms with Gasteiger partial charge in [-0.1, -0.05) is 18.2 Å². The third-order valence-corrected chi connectivity index (χ3v) is 4.03. The Labute approximate surface area is 95.8 Å². The van der Waals surface area contributed by atoms with Crippen LogP contribution in [0.4, 0.5) is 0 Å². The lowest BCUT2D eigenvalue weighted by Crippen LogP contribution is -2.45. The highest BCUT2D eigenvalue weighted by molar-refractivity contribution is 5.80. The fraction of sp³-hybridized carbons (Fsp3) is 0.429. The lowest BCUT2D eigenvalue weighted by molar-refractivity contribution is 0.385. The van der Waals surface area contributed by atoms with Gasteiger partial charge in [0.15, 0.2) is 0 Å². The zero-order valence-electron chi connectivity index (χ0n) is 9.88. The van der Waals surface area contributed by atoms with Gasteiger partial charge in [-0.2, -0.15) is 0 Å². The number of nitrogens with two attached hydrogens (primary N) is 1. The van der Waals surface area contributed by atoms with Crippen LogP contribution in [0, 0.1) is 0 Å². The maximum atomic E-state index is 6.31. The van der Waals surface area contributed by atoms with Crippen LogP contribution in [0.2, 0.25) is 0 Å². The highest BCUT2D eigenvalue weighted by atomic mass is 14.9. The molecule has 1 fully saturated rings. The Kier molecular flexibility index (Phi) is 1.79. The molecule has 2 nitrogen and oxygen atoms in total. The van der Waals surface area contributed by atoms with Crippen molar-refractivity contribution in [3.8, 4) is 0 Å². The third-order valence-electron chi connectivity index (χ3n) is 4.03. The summed E-state index contributed by atoms with van der Waals surface area (Å²) in [6.45, 7) is 4.26. The molecule has 0 atom stereocenters. The van der Waals surface area contributed by atoms with E-state index in [1.54, 1.807) is 0 Å². The second-order valence-corrected chi connectivity index (χ2v) is 5.57. The molecule has 0 aliphatic heterocycles. The van der Waals surface area contributed by atoms with Crippen molar-refractivity contribution >= 4 is 10.9 Å². The number of rotatable bonds is 2. The first-order valence-electron chi connectivity index (χ1n) is 5.90. The summed E-state index contributed by atoms with van der Waals surface area (Å²) in [6, 6.07) is 10.7. The minimum atomic E-state index is -0.145. The summed E-state index contributed by atoms with van der Waals surface area (Å²) in [5.41, 5.74) is 8.86. The molecule has 16 heavy (non-hydrogen) atoms. The number of aromatic amines is 1. The second-order valence-electron chi connectivity index (χ2n) is 5.57. The van der Waals surface area contributed by atoms with Gasteiger partial charge in [-0.25, -0.2) is 0 Å². The number of fused-ring (bicyclic) bond motifs is 1. The van der Waals surface area contributed by atoms with Crippen LogP contribution in [-0.4, -0.2) is 10.5 Å². The quantitative estimate of drug-likeness (QED) is 0.793. The molecule has 2 aromatic rings. The van der Waals surface area contributed by atoms with Crippen LogP contribution in [0.15, 0.2) is 30.3 Å². The summed E-state index contributed by atoms with van der Waals surface area (Å²) in [6.07, 6.45) is 2.40. The summed E-state index contributed by atoms with van der Waals surface area (Å²) >= 11 is 0. The SMILES string of the molecule is CC(C)(N)C1(c2cc3ccccc3[nH]2)CC1. The molecule has 0 bridgehead atoms. The van der Waals surface area contributed by atoms with Crippen molar-refractivity contribution in [1.82, 2.24) is 4.98 Å². The summed E-state index contributed by atoms with van der Waals surface area (Å²) < 4.78 is 0. The molecule has 0 radical (unpaired) electrons. The summed E-state index contributed by atoms with van der Waals surface area (Å²) in [4.78, 5) is 3.52. The van der Waals surface area contributed by atoms with Gasteiger partial charge in [0.1, 0.15) is 0 Å². The molecule has 84 valence electrons. The number of H-pyrrole nitrogens is 1. The minimum Gasteiger partial charge on any atom is -0.358 e. The average molecular weight is 214 g/mol. The molecule has 3 N–H and O–H groups in total. The molecule has 1 aromatic carbocycles. The van der Waals surface area contributed by atoms with Crippen molar-refractivity contribution < 1.29 is 0 Å². The lowest BCUT2D eigenvalue weighted by Gasteiger charge is -2.30. The Balaban J connectivity index is 2.14. The Hall–Kier alpha value is -1.28. The molecule has 1 saturated carbocycles. The Morgan fingerprint density at radius 2 is 1.94 bits per heavy atom. The van der Waals surface area contributed by atoms with Gasteiger partial charge in [0.05, 0.1) is 0 Å². The molecule has 2 heteroatoms. The monoisotopic (exact) mass is 214 g/mol. The topological polar surface area (TPSA) is 41.8 Å². The van der Waals surface area contributed by atoms with E-state index in [-0.39, 0.29) is 11.0 Å². The first kappa shape index (κ1) is 9.91. The first-order chi connectivity index (χ1) is 7.53. The highest BCUT2D eigenvalue weighted by Gasteiger charge is 2.54. The van der Waals surface area contributed by atoms with E-state index in [1.807, 2.05) is 0 Å². The second kappa shape index (κ2) is 2.89. The molecule has 0 saturated heterocycles. The molecular weight excluding hydrogens is 196 g/mol. The van der Waals surface area contributed by atoms with Crippen molar-refractivity contribution in [2.24, 2.45) is 5.73 Å². The average Bonchev–Trinajstić information content (AvgIpc) is 2.92. The lowest BCUT2D eigenvalue weighted by atomic mass is 9.82. The van der Waals surface area contributed by atoms with Crippen LogP contribution in [0.3, 0.4) is 0 Å². The number of hydrogen-bond donors (Lipinski definition) is 2. The van der Waals surface area contributed by atoms with Gasteiger partial charge < -0.3 is 10.7 Å². The molecule has 0 spiro atoms. The molecule has 0 amide bonds. The Morgan fingerprint density at radius 1 is 1.25 bits per heavy atom. The van der Waals surface area contributed by atoms with Gasteiger partial charge in [-0.3, -0.25) is 0 Å². The van der Waals surface area contributed by atoms with Crippen LogP contribution >= 0.6 is 0 Å². The van der Waals surface area contributed by atoms with Crippen LogP contribution in [0.1, 0.15) is 32.4 Å². The standard InChI is InChI=1S/C14H18N2/c1-13(2,15)14(7-8-14)12-9-10-5-3-4-6-11(10)16-12/h3-6,9,16H,7-8,15H2,1-2H3. The van der Waals surface area contributed by atoms with Gasteiger partial charge in [0.2, 0.25) is 0 Å². The molecule has 0 unspecified atom stereocenters. The zero-order valence-corrected chi connectivity index (χ0v) is 9.88. The molecule has 1 heterocycles. The normalized spacial score (nSPS) is 18.9. The first-order valence-corrected chi connectivity index (χ1v) is 5.90. The van der Waals surface area contributed by atoms with Crippen LogP contribution in [0.5, 0.6) is 0 Å². The fourth-order valence-electron chi connectivity index (χ4n) is 2.72. The summed E-state index contributed by atoms with van der Waals surface area (Å²) in [7, 11) is 0. The van der Waals surface area contributed by atoms with Crippen LogP contribution in [-0.2, 0) is 5.41 Å². The van der Waals surface area contributed by atoms with Crippen molar-refractivity contribution in [2.75, 3.05) is 0 Å². The fourth-order valence-corrected chi connectivity index (χ4v) is 2.72. The number of nitrogens with one attached hydrogen (secondary N) is 1. The van der Waals surface area contributed by atoms with Gasteiger partial charge in [-0.05, 0) is 44.2 Å². The Bertz CT molecular complexity index is 494. The molecule has 1 aromatic heterocycles. The van der Waals surface area contributed by atoms with Crippen molar-refractivity contribution in [1.29, 1.82) is 0 Å². The van der Waals surface area contributed by atoms with E-state index in [4.69, 9.17) is 5.73 Å². The number of aromatic nitrogens is 1. The van der Waals surface area contributed by atoms with E-state index >= 15 is 0 Å². The van der Waals surface area contributed by atoms with Crippen molar-refractivity contribution in [2.45, 2.75) is 37.6 Å². The van der Waals surface area contributed by atoms with Crippen LogP contribution in [0.25, 0.3) is 10.9 Å². The maximum absolute atomic E-state index is 6.31. The largest absolute Gasteiger partial charge is 0.358 e. The number of hydrogen-bond acceptors (Lipinski definition) is 1. The van der Waals surface area contributed by atoms with E-state index in [2.05, 4.69) is 49.2 Å². The number of benzene rings is 1. The summed E-state index contributed by atoms with van der Waals surface area (Å²) in [5, 5.41) is 1.29. The van der Waals surface area contributed by atoms with Gasteiger partial charge in [0, 0.05) is 22.2 Å². The predicted molar refractivity (Wildman–Crippen MR) is 67.5 cm³/mol. The van der Waals surface area contributed by atoms with E-state index in [9.17, 15) is 0 Å². The minimum absolute atomic E-state index is 0.145. The molecule has 3 rings (SSSR count). The third kappa shape index (κ3) is 1.23. The Morgan fingerprint density at radius 3 is 2.50 bits per heavy atom. The number of para-hydroxylation sites is 1.